The summed E-state index contributed by atoms with van der Waals surface area (Å²) in [6.07, 6.45) is 1.75. The Morgan fingerprint density at radius 2 is 1.30 bits per heavy atom. The Balaban J connectivity index is -0.0000000750. The van der Waals surface area contributed by atoms with Crippen molar-refractivity contribution in [1.29, 1.82) is 0 Å². The van der Waals surface area contributed by atoms with Crippen LogP contribution in [0.3, 0.4) is 0 Å². The van der Waals surface area contributed by atoms with Gasteiger partial charge in [0.1, 0.15) is 0 Å². The molecule has 0 aromatic heterocycles. The fraction of sp³-hybridized carbons (Fsp3) is 0.714. The molecule has 0 heterocycles. The van der Waals surface area contributed by atoms with Crippen LogP contribution in [-0.2, 0) is 0 Å². The average Bonchev–Trinajstić information content (AvgIpc) is 1.91. The van der Waals surface area contributed by atoms with Gasteiger partial charge in [0.15, 0.2) is 0 Å². The van der Waals surface area contributed by atoms with Crippen molar-refractivity contribution in [2.75, 3.05) is 19.8 Å². The van der Waals surface area contributed by atoms with E-state index in [-0.39, 0.29) is 19.8 Å². The van der Waals surface area contributed by atoms with E-state index in [0.717, 1.165) is 0 Å². The Hall–Kier alpha value is -0.380. The Bertz CT molecular complexity index is 35.8. The van der Waals surface area contributed by atoms with E-state index in [1.54, 1.807) is 13.0 Å². The van der Waals surface area contributed by atoms with E-state index >= 15 is 0 Å². The first kappa shape index (κ1) is 16.3. The third-order valence-corrected chi connectivity index (χ3v) is 0.1000. The molecule has 0 aromatic rings. The van der Waals surface area contributed by atoms with Gasteiger partial charge < -0.3 is 15.3 Å². The molecule has 0 saturated heterocycles. The first-order chi connectivity index (χ1) is 4.74. The van der Waals surface area contributed by atoms with Crippen molar-refractivity contribution in [3.8, 4) is 0 Å². The molecule has 64 valence electrons. The number of rotatable bonds is 1. The molecule has 0 bridgehead atoms. The maximum absolute atomic E-state index is 7.62. The smallest absolute Gasteiger partial charge is 0.0662 e. The lowest BCUT2D eigenvalue weighted by molar-refractivity contribution is 0.186. The van der Waals surface area contributed by atoms with Gasteiger partial charge in [0, 0.05) is 6.61 Å². The van der Waals surface area contributed by atoms with Crippen LogP contribution in [0.1, 0.15) is 13.8 Å². The zero-order valence-corrected chi connectivity index (χ0v) is 6.75. The molecule has 3 N–H and O–H groups in total. The molecule has 0 fully saturated rings. The molecule has 0 aliphatic carbocycles. The highest BCUT2D eigenvalue weighted by Gasteiger charge is 1.58. The summed E-state index contributed by atoms with van der Waals surface area (Å²) in [6.45, 7) is 6.93. The van der Waals surface area contributed by atoms with E-state index in [1.165, 1.54) is 0 Å². The van der Waals surface area contributed by atoms with E-state index in [2.05, 4.69) is 6.58 Å². The van der Waals surface area contributed by atoms with Gasteiger partial charge in [-0.1, -0.05) is 6.08 Å². The molecular formula is C7H18O3. The van der Waals surface area contributed by atoms with E-state index in [1.807, 2.05) is 6.92 Å². The van der Waals surface area contributed by atoms with Crippen molar-refractivity contribution in [2.24, 2.45) is 0 Å². The molecule has 3 nitrogen and oxygen atoms in total. The van der Waals surface area contributed by atoms with E-state index in [4.69, 9.17) is 15.3 Å². The van der Waals surface area contributed by atoms with Crippen LogP contribution in [-0.4, -0.2) is 35.1 Å². The molecule has 0 rings (SSSR count). The monoisotopic (exact) mass is 150 g/mol. The zero-order valence-electron chi connectivity index (χ0n) is 6.75. The van der Waals surface area contributed by atoms with Gasteiger partial charge in [-0.3, -0.25) is 0 Å². The summed E-state index contributed by atoms with van der Waals surface area (Å²) in [5.74, 6) is 0. The van der Waals surface area contributed by atoms with Gasteiger partial charge in [0.05, 0.1) is 13.2 Å². The molecule has 0 spiro atoms. The third-order valence-electron chi connectivity index (χ3n) is 0.1000. The second-order valence-electron chi connectivity index (χ2n) is 1.17. The number of hydrogen-bond acceptors (Lipinski definition) is 3. The van der Waals surface area contributed by atoms with Crippen molar-refractivity contribution in [3.63, 3.8) is 0 Å². The van der Waals surface area contributed by atoms with Gasteiger partial charge in [-0.15, -0.1) is 6.58 Å². The third kappa shape index (κ3) is 869. The topological polar surface area (TPSA) is 60.7 Å². The van der Waals surface area contributed by atoms with Gasteiger partial charge in [-0.2, -0.15) is 0 Å². The molecule has 10 heavy (non-hydrogen) atoms. The van der Waals surface area contributed by atoms with Crippen LogP contribution in [0.4, 0.5) is 0 Å². The minimum Gasteiger partial charge on any atom is -0.397 e. The van der Waals surface area contributed by atoms with Crippen molar-refractivity contribution >= 4 is 0 Å². The van der Waals surface area contributed by atoms with Crippen LogP contribution >= 0.6 is 0 Å². The Morgan fingerprint density at radius 1 is 1.20 bits per heavy atom. The summed E-state index contributed by atoms with van der Waals surface area (Å²) >= 11 is 0. The largest absolute Gasteiger partial charge is 0.397 e. The maximum Gasteiger partial charge on any atom is 0.0662 e. The molecular weight excluding hydrogens is 132 g/mol. The predicted octanol–water partition coefficient (Wildman–Crippen LogP) is 0.162. The summed E-state index contributed by atoms with van der Waals surface area (Å²) in [7, 11) is 0. The van der Waals surface area contributed by atoms with Crippen molar-refractivity contribution in [2.45, 2.75) is 13.8 Å². The minimum atomic E-state index is -0.125. The number of aliphatic hydroxyl groups excluding tert-OH is 3. The van der Waals surface area contributed by atoms with Crippen LogP contribution in [0.2, 0.25) is 0 Å². The Morgan fingerprint density at radius 3 is 1.30 bits per heavy atom. The van der Waals surface area contributed by atoms with Crippen LogP contribution in [0, 0.1) is 0 Å². The molecule has 0 saturated carbocycles. The molecule has 0 aliphatic rings. The minimum absolute atomic E-state index is 0.125. The highest BCUT2D eigenvalue weighted by molar-refractivity contribution is 4.51. The highest BCUT2D eigenvalue weighted by Crippen LogP contribution is 1.39. The summed E-state index contributed by atoms with van der Waals surface area (Å²) in [5.41, 5.74) is 0. The fourth-order valence-electron chi connectivity index (χ4n) is 0. The lowest BCUT2D eigenvalue weighted by Gasteiger charge is -1.70. The molecule has 0 aliphatic heterocycles. The second kappa shape index (κ2) is 38.2. The number of hydrogen-bond donors (Lipinski definition) is 3. The SMILES string of the molecule is C=CC.CCO.OCCO. The van der Waals surface area contributed by atoms with Gasteiger partial charge in [-0.05, 0) is 13.8 Å². The summed E-state index contributed by atoms with van der Waals surface area (Å²) < 4.78 is 0. The standard InChI is InChI=1S/C3H6.C2H6O2.C2H6O/c1-3-2;3-1-2-4;1-2-3/h3H,1H2,2H3;3-4H,1-2H2;3H,2H2,1H3. The van der Waals surface area contributed by atoms with Gasteiger partial charge in [0.2, 0.25) is 0 Å². The highest BCUT2D eigenvalue weighted by atomic mass is 16.3. The normalized spacial score (nSPS) is 6.10. The van der Waals surface area contributed by atoms with Crippen LogP contribution in [0.25, 0.3) is 0 Å². The Labute approximate surface area is 62.6 Å². The average molecular weight is 150 g/mol. The molecule has 0 amide bonds. The fourth-order valence-corrected chi connectivity index (χ4v) is 0. The summed E-state index contributed by atoms with van der Waals surface area (Å²) in [6, 6.07) is 0. The van der Waals surface area contributed by atoms with Gasteiger partial charge >= 0.3 is 0 Å². The first-order valence-electron chi connectivity index (χ1n) is 3.14. The maximum atomic E-state index is 7.62. The molecule has 0 unspecified atom stereocenters. The zero-order chi connectivity index (χ0) is 8.83. The number of allylic oxidation sites excluding steroid dienone is 1. The second-order valence-corrected chi connectivity index (χ2v) is 1.17. The van der Waals surface area contributed by atoms with Gasteiger partial charge in [0.25, 0.3) is 0 Å². The van der Waals surface area contributed by atoms with Gasteiger partial charge in [-0.25, -0.2) is 0 Å². The molecule has 0 radical (unpaired) electrons. The summed E-state index contributed by atoms with van der Waals surface area (Å²) in [4.78, 5) is 0. The quantitative estimate of drug-likeness (QED) is 0.467. The molecule has 0 atom stereocenters. The molecule has 0 aromatic carbocycles. The lowest BCUT2D eigenvalue weighted by Crippen LogP contribution is -1.85. The van der Waals surface area contributed by atoms with Crippen molar-refractivity contribution in [1.82, 2.24) is 0 Å². The van der Waals surface area contributed by atoms with Crippen LogP contribution < -0.4 is 0 Å². The van der Waals surface area contributed by atoms with Crippen LogP contribution in [0.5, 0.6) is 0 Å². The van der Waals surface area contributed by atoms with Crippen molar-refractivity contribution < 1.29 is 15.3 Å². The van der Waals surface area contributed by atoms with E-state index < -0.39 is 0 Å². The van der Waals surface area contributed by atoms with E-state index in [0.29, 0.717) is 0 Å². The summed E-state index contributed by atoms with van der Waals surface area (Å²) in [5, 5.41) is 22.8. The van der Waals surface area contributed by atoms with Crippen molar-refractivity contribution in [3.05, 3.63) is 12.7 Å². The number of aliphatic hydroxyl groups is 3. The molecule has 3 heteroatoms. The predicted molar refractivity (Wildman–Crippen MR) is 42.8 cm³/mol. The Kier molecular flexibility index (Phi) is 62.3. The van der Waals surface area contributed by atoms with E-state index in [9.17, 15) is 0 Å². The van der Waals surface area contributed by atoms with Crippen LogP contribution in [0.15, 0.2) is 12.7 Å². The lowest BCUT2D eigenvalue weighted by atomic mass is 10.8. The first-order valence-corrected chi connectivity index (χ1v) is 3.14.